The van der Waals surface area contributed by atoms with Crippen LogP contribution >= 0.6 is 0 Å². The Balaban J connectivity index is 1.63. The maximum absolute atomic E-state index is 3.80. The minimum Gasteiger partial charge on any atom is -0.311 e. The molecule has 0 aromatic rings. The van der Waals surface area contributed by atoms with Crippen molar-refractivity contribution in [3.8, 4) is 0 Å². The monoisotopic (exact) mass is 278 g/mol. The zero-order valence-corrected chi connectivity index (χ0v) is 13.9. The molecule has 1 aliphatic heterocycles. The van der Waals surface area contributed by atoms with Gasteiger partial charge in [0.1, 0.15) is 0 Å². The van der Waals surface area contributed by atoms with Gasteiger partial charge in [-0.05, 0) is 48.9 Å². The lowest BCUT2D eigenvalue weighted by Crippen LogP contribution is -2.60. The molecule has 1 N–H and O–H groups in total. The van der Waals surface area contributed by atoms with Crippen LogP contribution in [0, 0.1) is 29.6 Å². The molecular formula is C18H34N2. The molecule has 2 heteroatoms. The van der Waals surface area contributed by atoms with Gasteiger partial charge in [0, 0.05) is 31.7 Å². The summed E-state index contributed by atoms with van der Waals surface area (Å²) in [4.78, 5) is 2.86. The van der Waals surface area contributed by atoms with Crippen molar-refractivity contribution in [3.05, 3.63) is 0 Å². The van der Waals surface area contributed by atoms with Crippen molar-refractivity contribution in [2.75, 3.05) is 19.6 Å². The average molecular weight is 278 g/mol. The summed E-state index contributed by atoms with van der Waals surface area (Å²) in [7, 11) is 0. The SMILES string of the molecule is CC(C)C1CN(CC2CC3CCC2C3)C(C(C)C)CN1. The summed E-state index contributed by atoms with van der Waals surface area (Å²) >= 11 is 0. The van der Waals surface area contributed by atoms with Gasteiger partial charge in [-0.25, -0.2) is 0 Å². The number of piperazine rings is 1. The minimum absolute atomic E-state index is 0.698. The second-order valence-electron chi connectivity index (χ2n) is 8.46. The molecule has 0 spiro atoms. The molecule has 1 heterocycles. The van der Waals surface area contributed by atoms with E-state index >= 15 is 0 Å². The predicted molar refractivity (Wildman–Crippen MR) is 85.8 cm³/mol. The molecule has 2 aliphatic carbocycles. The highest BCUT2D eigenvalue weighted by Gasteiger charge is 2.41. The number of rotatable bonds is 4. The highest BCUT2D eigenvalue weighted by Crippen LogP contribution is 2.48. The van der Waals surface area contributed by atoms with Gasteiger partial charge < -0.3 is 5.32 Å². The molecular weight excluding hydrogens is 244 g/mol. The summed E-state index contributed by atoms with van der Waals surface area (Å²) in [6.07, 6.45) is 6.15. The van der Waals surface area contributed by atoms with Gasteiger partial charge in [-0.15, -0.1) is 0 Å². The van der Waals surface area contributed by atoms with Crippen molar-refractivity contribution >= 4 is 0 Å². The molecule has 5 unspecified atom stereocenters. The summed E-state index contributed by atoms with van der Waals surface area (Å²) in [5, 5.41) is 3.80. The first-order valence-corrected chi connectivity index (χ1v) is 9.02. The van der Waals surface area contributed by atoms with E-state index in [0.717, 1.165) is 35.6 Å². The fraction of sp³-hybridized carbons (Fsp3) is 1.00. The molecule has 2 nitrogen and oxygen atoms in total. The van der Waals surface area contributed by atoms with Gasteiger partial charge in [-0.1, -0.05) is 34.1 Å². The molecule has 3 rings (SSSR count). The maximum Gasteiger partial charge on any atom is 0.0244 e. The standard InChI is InChI=1S/C18H34N2/c1-12(2)17-11-20(18(9-19-17)13(3)4)10-16-8-14-5-6-15(16)7-14/h12-19H,5-11H2,1-4H3. The van der Waals surface area contributed by atoms with Crippen molar-refractivity contribution in [1.29, 1.82) is 0 Å². The second-order valence-corrected chi connectivity index (χ2v) is 8.46. The van der Waals surface area contributed by atoms with E-state index in [1.165, 1.54) is 38.9 Å². The summed E-state index contributed by atoms with van der Waals surface area (Å²) in [5.74, 6) is 4.70. The van der Waals surface area contributed by atoms with Crippen LogP contribution < -0.4 is 5.32 Å². The summed E-state index contributed by atoms with van der Waals surface area (Å²) in [5.41, 5.74) is 0. The summed E-state index contributed by atoms with van der Waals surface area (Å²) < 4.78 is 0. The van der Waals surface area contributed by atoms with E-state index in [0.29, 0.717) is 6.04 Å². The van der Waals surface area contributed by atoms with Crippen LogP contribution in [0.5, 0.6) is 0 Å². The Labute approximate surface area is 125 Å². The molecule has 1 saturated heterocycles. The van der Waals surface area contributed by atoms with Gasteiger partial charge in [0.15, 0.2) is 0 Å². The largest absolute Gasteiger partial charge is 0.311 e. The molecule has 3 aliphatic rings. The number of nitrogens with one attached hydrogen (secondary N) is 1. The Morgan fingerprint density at radius 3 is 2.40 bits per heavy atom. The van der Waals surface area contributed by atoms with Crippen molar-refractivity contribution < 1.29 is 0 Å². The summed E-state index contributed by atoms with van der Waals surface area (Å²) in [6, 6.07) is 1.45. The molecule has 0 amide bonds. The normalized spacial score (nSPS) is 42.0. The molecule has 3 fully saturated rings. The van der Waals surface area contributed by atoms with Crippen LogP contribution in [-0.2, 0) is 0 Å². The first-order valence-electron chi connectivity index (χ1n) is 9.02. The molecule has 2 bridgehead atoms. The van der Waals surface area contributed by atoms with Crippen LogP contribution in [0.25, 0.3) is 0 Å². The molecule has 0 aromatic heterocycles. The van der Waals surface area contributed by atoms with Crippen molar-refractivity contribution in [3.63, 3.8) is 0 Å². The lowest BCUT2D eigenvalue weighted by Gasteiger charge is -2.45. The lowest BCUT2D eigenvalue weighted by molar-refractivity contribution is 0.0599. The highest BCUT2D eigenvalue weighted by molar-refractivity contribution is 4.95. The van der Waals surface area contributed by atoms with E-state index in [-0.39, 0.29) is 0 Å². The Kier molecular flexibility index (Phi) is 4.42. The van der Waals surface area contributed by atoms with Gasteiger partial charge in [0.2, 0.25) is 0 Å². The topological polar surface area (TPSA) is 15.3 Å². The first-order chi connectivity index (χ1) is 9.54. The zero-order valence-electron chi connectivity index (χ0n) is 13.9. The van der Waals surface area contributed by atoms with Crippen LogP contribution in [-0.4, -0.2) is 36.6 Å². The Morgan fingerprint density at radius 1 is 1.05 bits per heavy atom. The third-order valence-corrected chi connectivity index (χ3v) is 6.42. The quantitative estimate of drug-likeness (QED) is 0.848. The van der Waals surface area contributed by atoms with Gasteiger partial charge >= 0.3 is 0 Å². The number of fused-ring (bicyclic) bond motifs is 2. The first kappa shape index (κ1) is 14.8. The molecule has 2 saturated carbocycles. The average Bonchev–Trinajstić information content (AvgIpc) is 3.00. The molecule has 116 valence electrons. The smallest absolute Gasteiger partial charge is 0.0244 e. The van der Waals surface area contributed by atoms with E-state index in [1.54, 1.807) is 6.42 Å². The highest BCUT2D eigenvalue weighted by atomic mass is 15.2. The number of hydrogen-bond donors (Lipinski definition) is 1. The van der Waals surface area contributed by atoms with Gasteiger partial charge in [-0.3, -0.25) is 4.90 Å². The third kappa shape index (κ3) is 2.92. The Morgan fingerprint density at radius 2 is 1.85 bits per heavy atom. The molecule has 0 aromatic carbocycles. The minimum atomic E-state index is 0.698. The van der Waals surface area contributed by atoms with Crippen molar-refractivity contribution in [1.82, 2.24) is 10.2 Å². The molecule has 20 heavy (non-hydrogen) atoms. The second kappa shape index (κ2) is 5.96. The fourth-order valence-corrected chi connectivity index (χ4v) is 5.07. The van der Waals surface area contributed by atoms with E-state index < -0.39 is 0 Å². The lowest BCUT2D eigenvalue weighted by atomic mass is 9.86. The predicted octanol–water partition coefficient (Wildman–Crippen LogP) is 3.38. The Hall–Kier alpha value is -0.0800. The van der Waals surface area contributed by atoms with E-state index in [2.05, 4.69) is 37.9 Å². The van der Waals surface area contributed by atoms with Crippen LogP contribution in [0.1, 0.15) is 53.4 Å². The Bertz CT molecular complexity index is 325. The van der Waals surface area contributed by atoms with Crippen molar-refractivity contribution in [2.24, 2.45) is 29.6 Å². The number of nitrogens with zero attached hydrogens (tertiary/aromatic N) is 1. The fourth-order valence-electron chi connectivity index (χ4n) is 5.07. The van der Waals surface area contributed by atoms with Gasteiger partial charge in [0.05, 0.1) is 0 Å². The van der Waals surface area contributed by atoms with Crippen LogP contribution in [0.15, 0.2) is 0 Å². The molecule has 5 atom stereocenters. The molecule has 0 radical (unpaired) electrons. The van der Waals surface area contributed by atoms with E-state index in [1.807, 2.05) is 0 Å². The third-order valence-electron chi connectivity index (χ3n) is 6.42. The number of hydrogen-bond acceptors (Lipinski definition) is 2. The van der Waals surface area contributed by atoms with E-state index in [4.69, 9.17) is 0 Å². The van der Waals surface area contributed by atoms with Crippen LogP contribution in [0.3, 0.4) is 0 Å². The van der Waals surface area contributed by atoms with Crippen LogP contribution in [0.2, 0.25) is 0 Å². The van der Waals surface area contributed by atoms with Crippen LogP contribution in [0.4, 0.5) is 0 Å². The van der Waals surface area contributed by atoms with Gasteiger partial charge in [0.25, 0.3) is 0 Å². The zero-order chi connectivity index (χ0) is 14.3. The van der Waals surface area contributed by atoms with Crippen molar-refractivity contribution in [2.45, 2.75) is 65.5 Å². The summed E-state index contributed by atoms with van der Waals surface area (Å²) in [6.45, 7) is 13.4. The van der Waals surface area contributed by atoms with Gasteiger partial charge in [-0.2, -0.15) is 0 Å². The maximum atomic E-state index is 3.80. The van der Waals surface area contributed by atoms with E-state index in [9.17, 15) is 0 Å².